The van der Waals surface area contributed by atoms with Crippen molar-refractivity contribution in [1.82, 2.24) is 15.5 Å². The fourth-order valence-corrected chi connectivity index (χ4v) is 1.90. The summed E-state index contributed by atoms with van der Waals surface area (Å²) in [6, 6.07) is 7.69. The number of nitriles is 1. The molecule has 0 atom stereocenters. The molecule has 1 heterocycles. The molecule has 0 aliphatic carbocycles. The van der Waals surface area contributed by atoms with Crippen molar-refractivity contribution in [3.63, 3.8) is 0 Å². The monoisotopic (exact) mass is 269 g/mol. The van der Waals surface area contributed by atoms with Gasteiger partial charge in [-0.15, -0.1) is 10.2 Å². The Labute approximate surface area is 116 Å². The van der Waals surface area contributed by atoms with E-state index in [1.807, 2.05) is 38.1 Å². The van der Waals surface area contributed by atoms with Gasteiger partial charge in [0.2, 0.25) is 5.91 Å². The number of hydrogen-bond donors (Lipinski definition) is 2. The molecular formula is C14H15N5O. The van der Waals surface area contributed by atoms with E-state index in [0.717, 1.165) is 10.9 Å². The molecule has 0 unspecified atom stereocenters. The molecule has 6 heteroatoms. The number of anilines is 1. The molecule has 1 aromatic carbocycles. The second-order valence-electron chi connectivity index (χ2n) is 4.36. The second-order valence-corrected chi connectivity index (χ2v) is 4.36. The largest absolute Gasteiger partial charge is 0.373 e. The molecule has 0 saturated carbocycles. The Hall–Kier alpha value is -2.68. The Morgan fingerprint density at radius 3 is 2.90 bits per heavy atom. The minimum atomic E-state index is -0.131. The maximum absolute atomic E-state index is 11.5. The number of rotatable bonds is 4. The van der Waals surface area contributed by atoms with Gasteiger partial charge in [0.05, 0.1) is 17.7 Å². The summed E-state index contributed by atoms with van der Waals surface area (Å²) < 4.78 is 0. The molecule has 6 nitrogen and oxygen atoms in total. The van der Waals surface area contributed by atoms with Crippen LogP contribution in [0.25, 0.3) is 10.9 Å². The zero-order valence-electron chi connectivity index (χ0n) is 11.4. The third-order valence-electron chi connectivity index (χ3n) is 2.82. The minimum Gasteiger partial charge on any atom is -0.373 e. The lowest BCUT2D eigenvalue weighted by Crippen LogP contribution is -2.29. The number of nitrogens with zero attached hydrogens (tertiary/aromatic N) is 3. The molecule has 1 amide bonds. The van der Waals surface area contributed by atoms with Crippen molar-refractivity contribution >= 4 is 22.5 Å². The van der Waals surface area contributed by atoms with E-state index in [1.165, 1.54) is 0 Å². The first-order valence-corrected chi connectivity index (χ1v) is 6.33. The number of fused-ring (bicyclic) bond motifs is 1. The quantitative estimate of drug-likeness (QED) is 0.874. The summed E-state index contributed by atoms with van der Waals surface area (Å²) in [6.07, 6.45) is 0. The van der Waals surface area contributed by atoms with Crippen LogP contribution in [0.15, 0.2) is 18.2 Å². The first-order chi connectivity index (χ1) is 9.65. The van der Waals surface area contributed by atoms with E-state index >= 15 is 0 Å². The Bertz CT molecular complexity index is 690. The molecule has 0 radical (unpaired) electrons. The van der Waals surface area contributed by atoms with Crippen molar-refractivity contribution < 1.29 is 4.79 Å². The molecule has 0 saturated heterocycles. The highest BCUT2D eigenvalue weighted by molar-refractivity contribution is 5.94. The molecule has 0 fully saturated rings. The molecule has 2 rings (SSSR count). The van der Waals surface area contributed by atoms with Gasteiger partial charge in [-0.05, 0) is 26.0 Å². The molecule has 1 aromatic heterocycles. The smallest absolute Gasteiger partial charge is 0.239 e. The van der Waals surface area contributed by atoms with Crippen molar-refractivity contribution in [2.24, 2.45) is 0 Å². The number of amides is 1. The van der Waals surface area contributed by atoms with Crippen molar-refractivity contribution in [3.8, 4) is 6.07 Å². The molecule has 0 aliphatic rings. The second kappa shape index (κ2) is 5.97. The third kappa shape index (κ3) is 2.83. The van der Waals surface area contributed by atoms with Crippen molar-refractivity contribution in [2.45, 2.75) is 13.8 Å². The van der Waals surface area contributed by atoms with Crippen molar-refractivity contribution in [3.05, 3.63) is 29.5 Å². The summed E-state index contributed by atoms with van der Waals surface area (Å²) in [7, 11) is 0. The first-order valence-electron chi connectivity index (χ1n) is 6.33. The van der Waals surface area contributed by atoms with Gasteiger partial charge in [0.25, 0.3) is 0 Å². The predicted molar refractivity (Wildman–Crippen MR) is 76.2 cm³/mol. The van der Waals surface area contributed by atoms with E-state index in [4.69, 9.17) is 5.26 Å². The van der Waals surface area contributed by atoms with Crippen LogP contribution >= 0.6 is 0 Å². The lowest BCUT2D eigenvalue weighted by molar-refractivity contribution is -0.119. The topological polar surface area (TPSA) is 90.7 Å². The summed E-state index contributed by atoms with van der Waals surface area (Å²) in [5.74, 6) is -0.131. The van der Waals surface area contributed by atoms with Crippen LogP contribution in [0.2, 0.25) is 0 Å². The lowest BCUT2D eigenvalue weighted by Gasteiger charge is -2.10. The van der Waals surface area contributed by atoms with Gasteiger partial charge in [0.15, 0.2) is 5.69 Å². The van der Waals surface area contributed by atoms with Gasteiger partial charge in [0, 0.05) is 11.9 Å². The Morgan fingerprint density at radius 2 is 2.20 bits per heavy atom. The summed E-state index contributed by atoms with van der Waals surface area (Å²) in [4.78, 5) is 11.5. The van der Waals surface area contributed by atoms with Gasteiger partial charge in [-0.1, -0.05) is 11.6 Å². The Kier molecular flexibility index (Phi) is 4.11. The average Bonchev–Trinajstić information content (AvgIpc) is 2.44. The standard InChI is InChI=1S/C14H15N5O/c1-3-16-13(20)8-17-14-10-6-9(2)4-5-11(10)18-19-12(14)7-15/h4-6H,3,8H2,1-2H3,(H,16,20)(H,17,18). The number of aryl methyl sites for hydroxylation is 1. The molecule has 2 aromatic rings. The molecule has 102 valence electrons. The van der Waals surface area contributed by atoms with Gasteiger partial charge in [-0.25, -0.2) is 0 Å². The number of likely N-dealkylation sites (N-methyl/N-ethyl adjacent to an activating group) is 1. The van der Waals surface area contributed by atoms with Crippen LogP contribution in [-0.2, 0) is 4.79 Å². The number of aromatic nitrogens is 2. The fraction of sp³-hybridized carbons (Fsp3) is 0.286. The third-order valence-corrected chi connectivity index (χ3v) is 2.82. The van der Waals surface area contributed by atoms with E-state index < -0.39 is 0 Å². The van der Waals surface area contributed by atoms with Crippen LogP contribution < -0.4 is 10.6 Å². The predicted octanol–water partition coefficient (Wildman–Crippen LogP) is 1.36. The molecule has 0 spiro atoms. The number of nitrogens with one attached hydrogen (secondary N) is 2. The van der Waals surface area contributed by atoms with Crippen LogP contribution in [0.5, 0.6) is 0 Å². The zero-order valence-corrected chi connectivity index (χ0v) is 11.4. The fourth-order valence-electron chi connectivity index (χ4n) is 1.90. The number of hydrogen-bond acceptors (Lipinski definition) is 5. The number of benzene rings is 1. The van der Waals surface area contributed by atoms with Crippen LogP contribution in [0.1, 0.15) is 18.2 Å². The van der Waals surface area contributed by atoms with Gasteiger partial charge in [-0.2, -0.15) is 5.26 Å². The SMILES string of the molecule is CCNC(=O)CNc1c(C#N)nnc2ccc(C)cc12. The maximum Gasteiger partial charge on any atom is 0.239 e. The van der Waals surface area contributed by atoms with E-state index in [2.05, 4.69) is 20.8 Å². The van der Waals surface area contributed by atoms with E-state index in [-0.39, 0.29) is 18.1 Å². The summed E-state index contributed by atoms with van der Waals surface area (Å²) >= 11 is 0. The molecular weight excluding hydrogens is 254 g/mol. The average molecular weight is 269 g/mol. The van der Waals surface area contributed by atoms with Gasteiger partial charge < -0.3 is 10.6 Å². The summed E-state index contributed by atoms with van der Waals surface area (Å²) in [6.45, 7) is 4.47. The molecule has 0 aliphatic heterocycles. The van der Waals surface area contributed by atoms with Crippen molar-refractivity contribution in [1.29, 1.82) is 5.26 Å². The Balaban J connectivity index is 2.41. The van der Waals surface area contributed by atoms with Crippen LogP contribution in [0.4, 0.5) is 5.69 Å². The van der Waals surface area contributed by atoms with E-state index in [0.29, 0.717) is 17.7 Å². The number of carbonyl (C=O) groups excluding carboxylic acids is 1. The van der Waals surface area contributed by atoms with E-state index in [9.17, 15) is 4.79 Å². The molecule has 20 heavy (non-hydrogen) atoms. The molecule has 0 bridgehead atoms. The van der Waals surface area contributed by atoms with E-state index in [1.54, 1.807) is 0 Å². The van der Waals surface area contributed by atoms with Gasteiger partial charge in [-0.3, -0.25) is 4.79 Å². The normalized spacial score (nSPS) is 10.1. The number of carbonyl (C=O) groups is 1. The summed E-state index contributed by atoms with van der Waals surface area (Å²) in [5, 5.41) is 23.5. The van der Waals surface area contributed by atoms with Crippen LogP contribution in [0, 0.1) is 18.3 Å². The molecule has 2 N–H and O–H groups in total. The van der Waals surface area contributed by atoms with Gasteiger partial charge >= 0.3 is 0 Å². The highest BCUT2D eigenvalue weighted by atomic mass is 16.1. The first kappa shape index (κ1) is 13.7. The highest BCUT2D eigenvalue weighted by Crippen LogP contribution is 2.24. The van der Waals surface area contributed by atoms with Crippen molar-refractivity contribution in [2.75, 3.05) is 18.4 Å². The highest BCUT2D eigenvalue weighted by Gasteiger charge is 2.11. The van der Waals surface area contributed by atoms with Gasteiger partial charge in [0.1, 0.15) is 6.07 Å². The maximum atomic E-state index is 11.5. The lowest BCUT2D eigenvalue weighted by atomic mass is 10.1. The van der Waals surface area contributed by atoms with Crippen LogP contribution in [0.3, 0.4) is 0 Å². The minimum absolute atomic E-state index is 0.0945. The Morgan fingerprint density at radius 1 is 1.40 bits per heavy atom. The summed E-state index contributed by atoms with van der Waals surface area (Å²) in [5.41, 5.74) is 2.48. The zero-order chi connectivity index (χ0) is 14.5. The van der Waals surface area contributed by atoms with Crippen LogP contribution in [-0.4, -0.2) is 29.2 Å².